The van der Waals surface area contributed by atoms with Crippen molar-refractivity contribution < 1.29 is 4.74 Å². The first-order chi connectivity index (χ1) is 8.17. The molecular weight excluding hydrogens is 212 g/mol. The quantitative estimate of drug-likeness (QED) is 0.850. The molecule has 0 fully saturated rings. The predicted molar refractivity (Wildman–Crippen MR) is 71.4 cm³/mol. The van der Waals surface area contributed by atoms with Crippen LogP contribution in [0.1, 0.15) is 37.1 Å². The Bertz CT molecular complexity index is 516. The number of aryl methyl sites for hydroxylation is 1. The molecule has 2 rings (SSSR count). The van der Waals surface area contributed by atoms with Gasteiger partial charge in [-0.15, -0.1) is 0 Å². The number of benzene rings is 1. The monoisotopic (exact) mass is 232 g/mol. The normalized spacial score (nSPS) is 12.9. The lowest BCUT2D eigenvalue weighted by Crippen LogP contribution is -2.10. The molecular formula is C14H20N2O. The molecule has 3 nitrogen and oxygen atoms in total. The SMILES string of the molecule is CCCC(N)c1c(C)[nH]c2cc(OC)ccc12. The van der Waals surface area contributed by atoms with Gasteiger partial charge in [-0.25, -0.2) is 0 Å². The maximum absolute atomic E-state index is 6.24. The van der Waals surface area contributed by atoms with E-state index in [0.717, 1.165) is 29.8 Å². The number of fused-ring (bicyclic) bond motifs is 1. The number of hydrogen-bond donors (Lipinski definition) is 2. The van der Waals surface area contributed by atoms with Crippen LogP contribution >= 0.6 is 0 Å². The highest BCUT2D eigenvalue weighted by atomic mass is 16.5. The minimum Gasteiger partial charge on any atom is -0.497 e. The molecule has 92 valence electrons. The van der Waals surface area contributed by atoms with Crippen LogP contribution in [-0.2, 0) is 0 Å². The fraction of sp³-hybridized carbons (Fsp3) is 0.429. The average molecular weight is 232 g/mol. The Morgan fingerprint density at radius 1 is 1.41 bits per heavy atom. The fourth-order valence-electron chi connectivity index (χ4n) is 2.39. The topological polar surface area (TPSA) is 51.0 Å². The lowest BCUT2D eigenvalue weighted by Gasteiger charge is -2.11. The second-order valence-electron chi connectivity index (χ2n) is 4.47. The van der Waals surface area contributed by atoms with E-state index in [9.17, 15) is 0 Å². The van der Waals surface area contributed by atoms with Crippen LogP contribution in [0.3, 0.4) is 0 Å². The van der Waals surface area contributed by atoms with Gasteiger partial charge in [0.15, 0.2) is 0 Å². The number of aromatic nitrogens is 1. The molecule has 0 radical (unpaired) electrons. The number of aromatic amines is 1. The van der Waals surface area contributed by atoms with Crippen molar-refractivity contribution in [3.05, 3.63) is 29.5 Å². The van der Waals surface area contributed by atoms with E-state index in [1.165, 1.54) is 10.9 Å². The van der Waals surface area contributed by atoms with Gasteiger partial charge in [0.2, 0.25) is 0 Å². The highest BCUT2D eigenvalue weighted by Gasteiger charge is 2.14. The number of hydrogen-bond acceptors (Lipinski definition) is 2. The molecule has 2 aromatic rings. The van der Waals surface area contributed by atoms with Gasteiger partial charge in [-0.3, -0.25) is 0 Å². The van der Waals surface area contributed by atoms with Crippen LogP contribution in [-0.4, -0.2) is 12.1 Å². The van der Waals surface area contributed by atoms with Gasteiger partial charge in [0.05, 0.1) is 7.11 Å². The molecule has 1 aromatic carbocycles. The molecule has 1 heterocycles. The molecule has 0 spiro atoms. The van der Waals surface area contributed by atoms with E-state index in [1.807, 2.05) is 12.1 Å². The van der Waals surface area contributed by atoms with Crippen LogP contribution in [0.4, 0.5) is 0 Å². The smallest absolute Gasteiger partial charge is 0.120 e. The Labute approximate surface area is 102 Å². The summed E-state index contributed by atoms with van der Waals surface area (Å²) in [6, 6.07) is 6.20. The average Bonchev–Trinajstić information content (AvgIpc) is 2.64. The number of nitrogens with one attached hydrogen (secondary N) is 1. The van der Waals surface area contributed by atoms with Crippen LogP contribution in [0, 0.1) is 6.92 Å². The van der Waals surface area contributed by atoms with E-state index in [-0.39, 0.29) is 6.04 Å². The fourth-order valence-corrected chi connectivity index (χ4v) is 2.39. The molecule has 3 heteroatoms. The Morgan fingerprint density at radius 2 is 2.18 bits per heavy atom. The summed E-state index contributed by atoms with van der Waals surface area (Å²) in [6.07, 6.45) is 2.11. The Kier molecular flexibility index (Phi) is 3.38. The summed E-state index contributed by atoms with van der Waals surface area (Å²) >= 11 is 0. The predicted octanol–water partition coefficient (Wildman–Crippen LogP) is 3.28. The van der Waals surface area contributed by atoms with Gasteiger partial charge in [-0.05, 0) is 31.0 Å². The highest BCUT2D eigenvalue weighted by molar-refractivity contribution is 5.86. The summed E-state index contributed by atoms with van der Waals surface area (Å²) in [5.41, 5.74) is 9.74. The molecule has 0 saturated heterocycles. The standard InChI is InChI=1S/C14H20N2O/c1-4-5-12(15)14-9(2)16-13-8-10(17-3)6-7-11(13)14/h6-8,12,16H,4-5,15H2,1-3H3. The molecule has 0 bridgehead atoms. The molecule has 0 aliphatic heterocycles. The zero-order chi connectivity index (χ0) is 12.4. The van der Waals surface area contributed by atoms with Crippen molar-refractivity contribution in [2.45, 2.75) is 32.7 Å². The van der Waals surface area contributed by atoms with E-state index in [4.69, 9.17) is 10.5 Å². The van der Waals surface area contributed by atoms with Crippen molar-refractivity contribution in [2.24, 2.45) is 5.73 Å². The summed E-state index contributed by atoms with van der Waals surface area (Å²) in [4.78, 5) is 3.38. The van der Waals surface area contributed by atoms with Gasteiger partial charge in [0, 0.05) is 28.7 Å². The first-order valence-electron chi connectivity index (χ1n) is 6.09. The van der Waals surface area contributed by atoms with Gasteiger partial charge >= 0.3 is 0 Å². The summed E-state index contributed by atoms with van der Waals surface area (Å²) in [7, 11) is 1.68. The van der Waals surface area contributed by atoms with Crippen molar-refractivity contribution in [3.63, 3.8) is 0 Å². The van der Waals surface area contributed by atoms with Crippen molar-refractivity contribution in [1.82, 2.24) is 4.98 Å². The zero-order valence-electron chi connectivity index (χ0n) is 10.7. The number of rotatable bonds is 4. The van der Waals surface area contributed by atoms with E-state index < -0.39 is 0 Å². The highest BCUT2D eigenvalue weighted by Crippen LogP contribution is 2.30. The van der Waals surface area contributed by atoms with Crippen LogP contribution in [0.15, 0.2) is 18.2 Å². The number of ether oxygens (including phenoxy) is 1. The third-order valence-electron chi connectivity index (χ3n) is 3.21. The summed E-state index contributed by atoms with van der Waals surface area (Å²) < 4.78 is 5.23. The van der Waals surface area contributed by atoms with Crippen LogP contribution in [0.25, 0.3) is 10.9 Å². The van der Waals surface area contributed by atoms with Crippen LogP contribution < -0.4 is 10.5 Å². The molecule has 0 saturated carbocycles. The second-order valence-corrected chi connectivity index (χ2v) is 4.47. The van der Waals surface area contributed by atoms with Gasteiger partial charge in [0.1, 0.15) is 5.75 Å². The van der Waals surface area contributed by atoms with Gasteiger partial charge in [0.25, 0.3) is 0 Å². The van der Waals surface area contributed by atoms with Crippen molar-refractivity contribution in [1.29, 1.82) is 0 Å². The van der Waals surface area contributed by atoms with Gasteiger partial charge in [-0.2, -0.15) is 0 Å². The van der Waals surface area contributed by atoms with E-state index in [0.29, 0.717) is 0 Å². The first kappa shape index (κ1) is 12.0. The molecule has 1 unspecified atom stereocenters. The Morgan fingerprint density at radius 3 is 2.82 bits per heavy atom. The van der Waals surface area contributed by atoms with Crippen LogP contribution in [0.5, 0.6) is 5.75 Å². The molecule has 0 aliphatic carbocycles. The third-order valence-corrected chi connectivity index (χ3v) is 3.21. The lowest BCUT2D eigenvalue weighted by atomic mass is 10.00. The second kappa shape index (κ2) is 4.80. The molecule has 3 N–H and O–H groups in total. The Hall–Kier alpha value is -1.48. The van der Waals surface area contributed by atoms with Gasteiger partial charge in [-0.1, -0.05) is 13.3 Å². The molecule has 0 aliphatic rings. The maximum Gasteiger partial charge on any atom is 0.120 e. The van der Waals surface area contributed by atoms with Crippen molar-refractivity contribution >= 4 is 10.9 Å². The lowest BCUT2D eigenvalue weighted by molar-refractivity contribution is 0.415. The maximum atomic E-state index is 6.24. The van der Waals surface area contributed by atoms with E-state index in [1.54, 1.807) is 7.11 Å². The number of methoxy groups -OCH3 is 1. The van der Waals surface area contributed by atoms with E-state index in [2.05, 4.69) is 24.9 Å². The molecule has 0 amide bonds. The van der Waals surface area contributed by atoms with Crippen molar-refractivity contribution in [2.75, 3.05) is 7.11 Å². The number of H-pyrrole nitrogens is 1. The van der Waals surface area contributed by atoms with E-state index >= 15 is 0 Å². The summed E-state index contributed by atoms with van der Waals surface area (Å²) in [6.45, 7) is 4.24. The summed E-state index contributed by atoms with van der Waals surface area (Å²) in [5.74, 6) is 0.870. The largest absolute Gasteiger partial charge is 0.497 e. The molecule has 17 heavy (non-hydrogen) atoms. The number of nitrogens with two attached hydrogens (primary N) is 1. The first-order valence-corrected chi connectivity index (χ1v) is 6.09. The third kappa shape index (κ3) is 2.15. The minimum atomic E-state index is 0.113. The van der Waals surface area contributed by atoms with Gasteiger partial charge < -0.3 is 15.5 Å². The van der Waals surface area contributed by atoms with Crippen LogP contribution in [0.2, 0.25) is 0 Å². The Balaban J connectivity index is 2.52. The zero-order valence-corrected chi connectivity index (χ0v) is 10.7. The van der Waals surface area contributed by atoms with Crippen molar-refractivity contribution in [3.8, 4) is 5.75 Å². The minimum absolute atomic E-state index is 0.113. The molecule has 1 aromatic heterocycles. The summed E-state index contributed by atoms with van der Waals surface area (Å²) in [5, 5.41) is 1.21. The molecule has 1 atom stereocenters.